The van der Waals surface area contributed by atoms with Crippen LogP contribution in [0.1, 0.15) is 36.1 Å². The lowest BCUT2D eigenvalue weighted by Crippen LogP contribution is -2.55. The molecule has 1 N–H and O–H groups in total. The Kier molecular flexibility index (Phi) is 5.81. The second kappa shape index (κ2) is 8.91. The SMILES string of the molecule is N#CC[C@H]1CN(c2nc(Cl)nc3c2CCC(N2CCCc4ccccc42)=C3)CCN1C(=O)O. The van der Waals surface area contributed by atoms with Gasteiger partial charge in [0.05, 0.1) is 24.2 Å². The van der Waals surface area contributed by atoms with Gasteiger partial charge in [0.15, 0.2) is 0 Å². The van der Waals surface area contributed by atoms with Crippen LogP contribution in [0.4, 0.5) is 16.3 Å². The molecule has 0 unspecified atom stereocenters. The number of hydrogen-bond donors (Lipinski definition) is 1. The molecule has 5 rings (SSSR count). The van der Waals surface area contributed by atoms with E-state index in [1.807, 2.05) is 0 Å². The number of carboxylic acid groups (broad SMARTS) is 1. The van der Waals surface area contributed by atoms with Gasteiger partial charge in [0.25, 0.3) is 0 Å². The second-order valence-corrected chi connectivity index (χ2v) is 8.98. The van der Waals surface area contributed by atoms with Gasteiger partial charge in [-0.25, -0.2) is 14.8 Å². The van der Waals surface area contributed by atoms with Crippen molar-refractivity contribution in [2.45, 2.75) is 38.1 Å². The van der Waals surface area contributed by atoms with Crippen LogP contribution in [0.3, 0.4) is 0 Å². The maximum atomic E-state index is 11.6. The summed E-state index contributed by atoms with van der Waals surface area (Å²) in [4.78, 5) is 26.5. The number of halogens is 1. The number of nitrogens with zero attached hydrogens (tertiary/aromatic N) is 6. The van der Waals surface area contributed by atoms with E-state index in [-0.39, 0.29) is 11.7 Å². The molecule has 0 saturated carbocycles. The van der Waals surface area contributed by atoms with E-state index >= 15 is 0 Å². The van der Waals surface area contributed by atoms with E-state index in [0.717, 1.165) is 49.3 Å². The largest absolute Gasteiger partial charge is 0.465 e. The molecule has 2 aromatic rings. The van der Waals surface area contributed by atoms with E-state index in [1.165, 1.54) is 21.8 Å². The van der Waals surface area contributed by atoms with E-state index in [0.29, 0.717) is 19.6 Å². The molecule has 1 saturated heterocycles. The fourth-order valence-electron chi connectivity index (χ4n) is 5.19. The Bertz CT molecular complexity index is 1160. The predicted octanol–water partition coefficient (Wildman–Crippen LogP) is 3.95. The Balaban J connectivity index is 1.47. The van der Waals surface area contributed by atoms with Crippen LogP contribution in [0, 0.1) is 11.3 Å². The van der Waals surface area contributed by atoms with Crippen LogP contribution < -0.4 is 9.80 Å². The van der Waals surface area contributed by atoms with E-state index in [2.05, 4.69) is 56.2 Å². The summed E-state index contributed by atoms with van der Waals surface area (Å²) >= 11 is 6.34. The number of amides is 1. The molecule has 1 fully saturated rings. The summed E-state index contributed by atoms with van der Waals surface area (Å²) in [7, 11) is 0. The summed E-state index contributed by atoms with van der Waals surface area (Å²) < 4.78 is 0. The summed E-state index contributed by atoms with van der Waals surface area (Å²) in [6, 6.07) is 10.3. The number of carbonyl (C=O) groups is 1. The number of rotatable bonds is 3. The first-order valence-electron chi connectivity index (χ1n) is 11.3. The summed E-state index contributed by atoms with van der Waals surface area (Å²) in [5.41, 5.74) is 5.73. The Morgan fingerprint density at radius 1 is 1.18 bits per heavy atom. The molecular weight excluding hydrogens is 440 g/mol. The quantitative estimate of drug-likeness (QED) is 0.687. The van der Waals surface area contributed by atoms with E-state index in [4.69, 9.17) is 11.6 Å². The summed E-state index contributed by atoms with van der Waals surface area (Å²) in [6.07, 6.45) is 5.14. The Labute approximate surface area is 197 Å². The standard InChI is InChI=1S/C24H25ClN6O2/c25-23-27-20-14-17(30-11-3-5-16-4-1-2-6-21(16)30)7-8-19(20)22(28-23)29-12-13-31(24(32)33)18(15-29)9-10-26/h1-2,4,6,14,18H,3,5,7-9,11-13,15H2,(H,32,33)/t18-/m0/s1. The molecule has 1 atom stereocenters. The van der Waals surface area contributed by atoms with Gasteiger partial charge in [-0.15, -0.1) is 0 Å². The van der Waals surface area contributed by atoms with Gasteiger partial charge < -0.3 is 19.8 Å². The van der Waals surface area contributed by atoms with E-state index in [9.17, 15) is 15.2 Å². The third-order valence-electron chi connectivity index (χ3n) is 6.74. The van der Waals surface area contributed by atoms with Crippen molar-refractivity contribution in [1.82, 2.24) is 14.9 Å². The van der Waals surface area contributed by atoms with Gasteiger partial charge in [-0.3, -0.25) is 0 Å². The fourth-order valence-corrected chi connectivity index (χ4v) is 5.36. The van der Waals surface area contributed by atoms with Crippen molar-refractivity contribution in [3.8, 4) is 6.07 Å². The molecule has 1 aromatic carbocycles. The molecule has 33 heavy (non-hydrogen) atoms. The van der Waals surface area contributed by atoms with Crippen LogP contribution >= 0.6 is 11.6 Å². The normalized spacial score (nSPS) is 19.9. The van der Waals surface area contributed by atoms with Crippen LogP contribution in [-0.2, 0) is 12.8 Å². The van der Waals surface area contributed by atoms with Crippen molar-refractivity contribution in [2.24, 2.45) is 0 Å². The molecule has 3 heterocycles. The number of aryl methyl sites for hydroxylation is 1. The minimum atomic E-state index is -0.993. The highest BCUT2D eigenvalue weighted by Crippen LogP contribution is 2.37. The molecule has 0 radical (unpaired) electrons. The average molecular weight is 465 g/mol. The monoisotopic (exact) mass is 464 g/mol. The highest BCUT2D eigenvalue weighted by molar-refractivity contribution is 6.28. The molecule has 1 aliphatic carbocycles. The van der Waals surface area contributed by atoms with Crippen LogP contribution in [0.15, 0.2) is 30.0 Å². The highest BCUT2D eigenvalue weighted by atomic mass is 35.5. The summed E-state index contributed by atoms with van der Waals surface area (Å²) in [5.74, 6) is 0.757. The van der Waals surface area contributed by atoms with E-state index in [1.54, 1.807) is 0 Å². The maximum absolute atomic E-state index is 11.6. The Morgan fingerprint density at radius 3 is 2.85 bits per heavy atom. The first kappa shape index (κ1) is 21.5. The van der Waals surface area contributed by atoms with Gasteiger partial charge in [0, 0.05) is 43.1 Å². The average Bonchev–Trinajstić information content (AvgIpc) is 2.82. The van der Waals surface area contributed by atoms with Crippen LogP contribution in [0.5, 0.6) is 0 Å². The topological polar surface area (TPSA) is 96.6 Å². The highest BCUT2D eigenvalue weighted by Gasteiger charge is 2.33. The molecule has 3 aliphatic rings. The number of para-hydroxylation sites is 1. The smallest absolute Gasteiger partial charge is 0.407 e. The molecule has 8 nitrogen and oxygen atoms in total. The molecule has 1 amide bonds. The van der Waals surface area contributed by atoms with Crippen molar-refractivity contribution in [1.29, 1.82) is 5.26 Å². The number of hydrogen-bond acceptors (Lipinski definition) is 6. The minimum Gasteiger partial charge on any atom is -0.465 e. The predicted molar refractivity (Wildman–Crippen MR) is 126 cm³/mol. The van der Waals surface area contributed by atoms with Crippen LogP contribution in [0.2, 0.25) is 5.28 Å². The number of allylic oxidation sites excluding steroid dienone is 1. The molecule has 1 aromatic heterocycles. The van der Waals surface area contributed by atoms with Crippen molar-refractivity contribution < 1.29 is 9.90 Å². The van der Waals surface area contributed by atoms with Crippen LogP contribution in [0.25, 0.3) is 6.08 Å². The molecule has 170 valence electrons. The van der Waals surface area contributed by atoms with Gasteiger partial charge in [-0.2, -0.15) is 5.26 Å². The number of benzene rings is 1. The first-order chi connectivity index (χ1) is 16.0. The zero-order valence-corrected chi connectivity index (χ0v) is 19.0. The van der Waals surface area contributed by atoms with Gasteiger partial charge in [-0.05, 0) is 55.0 Å². The lowest BCUT2D eigenvalue weighted by atomic mass is 9.95. The maximum Gasteiger partial charge on any atom is 0.407 e. The summed E-state index contributed by atoms with van der Waals surface area (Å²) in [5, 5.41) is 18.9. The minimum absolute atomic E-state index is 0.141. The fraction of sp³-hybridized carbons (Fsp3) is 0.417. The van der Waals surface area contributed by atoms with Crippen molar-refractivity contribution >= 4 is 35.3 Å². The molecule has 0 spiro atoms. The number of piperazine rings is 1. The van der Waals surface area contributed by atoms with Gasteiger partial charge in [-0.1, -0.05) is 18.2 Å². The third kappa shape index (κ3) is 4.09. The number of fused-ring (bicyclic) bond motifs is 2. The molecule has 9 heteroatoms. The molecular formula is C24H25ClN6O2. The van der Waals surface area contributed by atoms with E-state index < -0.39 is 12.1 Å². The molecule has 2 aliphatic heterocycles. The lowest BCUT2D eigenvalue weighted by molar-refractivity contribution is 0.119. The Hall–Kier alpha value is -3.31. The van der Waals surface area contributed by atoms with Crippen molar-refractivity contribution in [2.75, 3.05) is 36.0 Å². The lowest BCUT2D eigenvalue weighted by Gasteiger charge is -2.41. The zero-order valence-electron chi connectivity index (χ0n) is 18.2. The van der Waals surface area contributed by atoms with Crippen LogP contribution in [-0.4, -0.2) is 58.3 Å². The summed E-state index contributed by atoms with van der Waals surface area (Å²) in [6.45, 7) is 2.22. The number of nitriles is 1. The number of aromatic nitrogens is 2. The third-order valence-corrected chi connectivity index (χ3v) is 6.91. The molecule has 0 bridgehead atoms. The first-order valence-corrected chi connectivity index (χ1v) is 11.7. The number of anilines is 2. The second-order valence-electron chi connectivity index (χ2n) is 8.64. The Morgan fingerprint density at radius 2 is 2.03 bits per heavy atom. The van der Waals surface area contributed by atoms with Gasteiger partial charge >= 0.3 is 6.09 Å². The van der Waals surface area contributed by atoms with Gasteiger partial charge in [0.2, 0.25) is 5.28 Å². The van der Waals surface area contributed by atoms with Gasteiger partial charge in [0.1, 0.15) is 5.82 Å². The van der Waals surface area contributed by atoms with Crippen molar-refractivity contribution in [3.05, 3.63) is 52.1 Å². The zero-order chi connectivity index (χ0) is 22.9. The van der Waals surface area contributed by atoms with Crippen molar-refractivity contribution in [3.63, 3.8) is 0 Å².